The molecular weight excluding hydrogens is 282 g/mol. The Bertz CT molecular complexity index is 601. The van der Waals surface area contributed by atoms with Crippen LogP contribution in [-0.2, 0) is 5.60 Å². The number of benzene rings is 2. The Hall–Kier alpha value is -1.64. The molecule has 2 heterocycles. The molecule has 23 heavy (non-hydrogen) atoms. The first kappa shape index (κ1) is 14.9. The smallest absolute Gasteiger partial charge is 0.118 e. The number of rotatable bonds is 3. The number of aliphatic hydroxyl groups is 1. The van der Waals surface area contributed by atoms with Crippen molar-refractivity contribution < 1.29 is 10.0 Å². The summed E-state index contributed by atoms with van der Waals surface area (Å²) in [6, 6.07) is 22.0. The SMILES string of the molecule is C[NH+]1[C@@H]2CC[C@H]1CC(C(O)(c1ccccc1)c1ccccc1)C2. The van der Waals surface area contributed by atoms with E-state index in [-0.39, 0.29) is 0 Å². The van der Waals surface area contributed by atoms with Crippen LogP contribution in [0.3, 0.4) is 0 Å². The molecule has 2 fully saturated rings. The predicted molar refractivity (Wildman–Crippen MR) is 92.3 cm³/mol. The number of fused-ring (bicyclic) bond motifs is 2. The highest BCUT2D eigenvalue weighted by atomic mass is 16.3. The zero-order chi connectivity index (χ0) is 15.9. The van der Waals surface area contributed by atoms with Gasteiger partial charge in [-0.15, -0.1) is 0 Å². The van der Waals surface area contributed by atoms with Crippen LogP contribution in [0.4, 0.5) is 0 Å². The van der Waals surface area contributed by atoms with Gasteiger partial charge in [0.25, 0.3) is 0 Å². The summed E-state index contributed by atoms with van der Waals surface area (Å²) < 4.78 is 0. The van der Waals surface area contributed by atoms with Crippen molar-refractivity contribution in [3.8, 4) is 0 Å². The van der Waals surface area contributed by atoms with Crippen LogP contribution in [0.5, 0.6) is 0 Å². The largest absolute Gasteiger partial charge is 0.380 e. The lowest BCUT2D eigenvalue weighted by molar-refractivity contribution is -0.924. The van der Waals surface area contributed by atoms with E-state index in [1.54, 1.807) is 4.90 Å². The van der Waals surface area contributed by atoms with Crippen molar-refractivity contribution in [2.24, 2.45) is 5.92 Å². The van der Waals surface area contributed by atoms with Crippen LogP contribution in [0.25, 0.3) is 0 Å². The summed E-state index contributed by atoms with van der Waals surface area (Å²) in [6.45, 7) is 0. The monoisotopic (exact) mass is 308 g/mol. The third kappa shape index (κ3) is 2.41. The van der Waals surface area contributed by atoms with Crippen LogP contribution in [-0.4, -0.2) is 24.2 Å². The third-order valence-electron chi connectivity index (χ3n) is 6.31. The molecule has 2 heteroatoms. The van der Waals surface area contributed by atoms with Gasteiger partial charge in [0, 0.05) is 31.6 Å². The first-order chi connectivity index (χ1) is 11.2. The Labute approximate surface area is 138 Å². The molecule has 2 aliphatic heterocycles. The second kappa shape index (κ2) is 5.77. The molecule has 2 bridgehead atoms. The van der Waals surface area contributed by atoms with Crippen LogP contribution < -0.4 is 4.90 Å². The molecule has 0 aromatic heterocycles. The van der Waals surface area contributed by atoms with E-state index in [1.807, 2.05) is 36.4 Å². The van der Waals surface area contributed by atoms with Crippen molar-refractivity contribution in [2.75, 3.05) is 7.05 Å². The van der Waals surface area contributed by atoms with E-state index in [1.165, 1.54) is 12.8 Å². The molecule has 0 amide bonds. The molecule has 0 radical (unpaired) electrons. The molecule has 2 aliphatic rings. The molecule has 0 aliphatic carbocycles. The minimum atomic E-state index is -0.871. The van der Waals surface area contributed by atoms with Crippen LogP contribution in [0.2, 0.25) is 0 Å². The van der Waals surface area contributed by atoms with E-state index >= 15 is 0 Å². The Morgan fingerprint density at radius 3 is 1.70 bits per heavy atom. The van der Waals surface area contributed by atoms with Gasteiger partial charge in [-0.05, 0) is 11.1 Å². The predicted octanol–water partition coefficient (Wildman–Crippen LogP) is 2.38. The lowest BCUT2D eigenvalue weighted by Gasteiger charge is -2.43. The fourth-order valence-corrected chi connectivity index (χ4v) is 4.95. The standard InChI is InChI=1S/C21H25NO/c1-22-19-12-13-20(22)15-18(14-19)21(23,16-8-4-2-5-9-16)17-10-6-3-7-11-17/h2-11,18-20,23H,12-15H2,1H3/p+1/t18?,19-,20+. The average Bonchev–Trinajstić information content (AvgIpc) is 2.83. The van der Waals surface area contributed by atoms with Crippen molar-refractivity contribution in [1.82, 2.24) is 0 Å². The van der Waals surface area contributed by atoms with Crippen LogP contribution in [0.15, 0.2) is 60.7 Å². The van der Waals surface area contributed by atoms with Gasteiger partial charge >= 0.3 is 0 Å². The second-order valence-electron chi connectivity index (χ2n) is 7.38. The summed E-state index contributed by atoms with van der Waals surface area (Å²) in [5.41, 5.74) is 1.20. The van der Waals surface area contributed by atoms with E-state index in [9.17, 15) is 5.11 Å². The summed E-state index contributed by atoms with van der Waals surface area (Å²) in [5.74, 6) is 0.300. The van der Waals surface area contributed by atoms with E-state index in [0.29, 0.717) is 18.0 Å². The quantitative estimate of drug-likeness (QED) is 0.894. The molecular formula is C21H26NO+. The molecule has 120 valence electrons. The minimum absolute atomic E-state index is 0.300. The maximum atomic E-state index is 11.9. The van der Waals surface area contributed by atoms with Crippen LogP contribution in [0, 0.1) is 5.92 Å². The van der Waals surface area contributed by atoms with Gasteiger partial charge in [-0.1, -0.05) is 60.7 Å². The van der Waals surface area contributed by atoms with Gasteiger partial charge in [-0.25, -0.2) is 0 Å². The van der Waals surface area contributed by atoms with E-state index in [2.05, 4.69) is 31.3 Å². The van der Waals surface area contributed by atoms with Crippen molar-refractivity contribution in [3.05, 3.63) is 71.8 Å². The van der Waals surface area contributed by atoms with Gasteiger partial charge in [0.05, 0.1) is 19.1 Å². The van der Waals surface area contributed by atoms with Crippen molar-refractivity contribution in [3.63, 3.8) is 0 Å². The molecule has 2 N–H and O–H groups in total. The van der Waals surface area contributed by atoms with Crippen molar-refractivity contribution in [1.29, 1.82) is 0 Å². The molecule has 2 aromatic rings. The highest BCUT2D eigenvalue weighted by Crippen LogP contribution is 2.44. The van der Waals surface area contributed by atoms with Crippen LogP contribution >= 0.6 is 0 Å². The average molecular weight is 308 g/mol. The molecule has 2 saturated heterocycles. The number of piperidine rings is 1. The van der Waals surface area contributed by atoms with Crippen molar-refractivity contribution >= 4 is 0 Å². The Morgan fingerprint density at radius 1 is 0.826 bits per heavy atom. The normalized spacial score (nSPS) is 30.3. The molecule has 4 rings (SSSR count). The van der Waals surface area contributed by atoms with Gasteiger partial charge < -0.3 is 10.0 Å². The van der Waals surface area contributed by atoms with E-state index < -0.39 is 5.60 Å². The maximum absolute atomic E-state index is 11.9. The summed E-state index contributed by atoms with van der Waals surface area (Å²) in [5, 5.41) is 11.9. The lowest BCUT2D eigenvalue weighted by atomic mass is 9.70. The zero-order valence-electron chi connectivity index (χ0n) is 13.8. The fraction of sp³-hybridized carbons (Fsp3) is 0.429. The number of quaternary nitrogens is 1. The zero-order valence-corrected chi connectivity index (χ0v) is 13.8. The third-order valence-corrected chi connectivity index (χ3v) is 6.31. The number of hydrogen-bond donors (Lipinski definition) is 2. The number of nitrogens with one attached hydrogen (secondary N) is 1. The minimum Gasteiger partial charge on any atom is -0.380 e. The van der Waals surface area contributed by atoms with Gasteiger partial charge in [0.2, 0.25) is 0 Å². The molecule has 2 unspecified atom stereocenters. The highest BCUT2D eigenvalue weighted by Gasteiger charge is 2.50. The first-order valence-corrected chi connectivity index (χ1v) is 8.86. The molecule has 2 nitrogen and oxygen atoms in total. The summed E-state index contributed by atoms with van der Waals surface area (Å²) in [7, 11) is 2.34. The second-order valence-corrected chi connectivity index (χ2v) is 7.38. The Balaban J connectivity index is 1.78. The van der Waals surface area contributed by atoms with Crippen LogP contribution in [0.1, 0.15) is 36.8 Å². The lowest BCUT2D eigenvalue weighted by Crippen LogP contribution is -3.15. The highest BCUT2D eigenvalue weighted by molar-refractivity contribution is 5.37. The van der Waals surface area contributed by atoms with Gasteiger partial charge in [0.15, 0.2) is 0 Å². The number of hydrogen-bond acceptors (Lipinski definition) is 1. The van der Waals surface area contributed by atoms with Crippen molar-refractivity contribution in [2.45, 2.75) is 43.4 Å². The summed E-state index contributed by atoms with van der Waals surface area (Å²) >= 11 is 0. The maximum Gasteiger partial charge on any atom is 0.118 e. The fourth-order valence-electron chi connectivity index (χ4n) is 4.95. The van der Waals surface area contributed by atoms with Gasteiger partial charge in [0.1, 0.15) is 5.60 Å². The Kier molecular flexibility index (Phi) is 3.74. The molecule has 2 aromatic carbocycles. The van der Waals surface area contributed by atoms with Gasteiger partial charge in [-0.3, -0.25) is 0 Å². The Morgan fingerprint density at radius 2 is 1.26 bits per heavy atom. The molecule has 0 saturated carbocycles. The summed E-state index contributed by atoms with van der Waals surface area (Å²) in [4.78, 5) is 1.68. The summed E-state index contributed by atoms with van der Waals surface area (Å²) in [6.07, 6.45) is 4.85. The molecule has 4 atom stereocenters. The first-order valence-electron chi connectivity index (χ1n) is 8.86. The van der Waals surface area contributed by atoms with E-state index in [4.69, 9.17) is 0 Å². The van der Waals surface area contributed by atoms with E-state index in [0.717, 1.165) is 24.0 Å². The topological polar surface area (TPSA) is 24.7 Å². The van der Waals surface area contributed by atoms with Gasteiger partial charge in [-0.2, -0.15) is 0 Å². The molecule has 0 spiro atoms.